The van der Waals surface area contributed by atoms with Gasteiger partial charge in [0.15, 0.2) is 11.6 Å². The molecular weight excluding hydrogens is 648 g/mol. The van der Waals surface area contributed by atoms with E-state index in [1.807, 2.05) is 12.1 Å². The van der Waals surface area contributed by atoms with E-state index in [9.17, 15) is 24.3 Å². The van der Waals surface area contributed by atoms with E-state index in [0.717, 1.165) is 79.5 Å². The summed E-state index contributed by atoms with van der Waals surface area (Å²) >= 11 is 0. The topological polar surface area (TPSA) is 142 Å². The predicted molar refractivity (Wildman–Crippen MR) is 195 cm³/mol. The number of aliphatic hydroxyl groups is 2. The number of carbonyl (C=O) groups excluding carboxylic acids is 3. The van der Waals surface area contributed by atoms with E-state index in [1.165, 1.54) is 0 Å². The van der Waals surface area contributed by atoms with Crippen LogP contribution < -0.4 is 10.3 Å². The summed E-state index contributed by atoms with van der Waals surface area (Å²) < 4.78 is 7.77. The number of likely N-dealkylation sites (N-methyl/N-ethyl adjacent to an activating group) is 1. The third kappa shape index (κ3) is 7.35. The zero-order chi connectivity index (χ0) is 36.3. The average molecular weight is 699 g/mol. The van der Waals surface area contributed by atoms with Gasteiger partial charge < -0.3 is 24.4 Å². The number of hydrogen-bond acceptors (Lipinski definition) is 10. The van der Waals surface area contributed by atoms with Crippen molar-refractivity contribution in [3.8, 4) is 17.1 Å². The molecule has 0 unspecified atom stereocenters. The van der Waals surface area contributed by atoms with Crippen LogP contribution in [0.3, 0.4) is 0 Å². The fourth-order valence-corrected chi connectivity index (χ4v) is 7.93. The monoisotopic (exact) mass is 698 g/mol. The largest absolute Gasteiger partial charge is 0.426 e. The molecule has 51 heavy (non-hydrogen) atoms. The standard InChI is InChI=1S/C40H50N4O7/c1-4-11-28-34(51-36(48)13-10-8-6-7-9-12-26(46)25-45)16-15-32-37(28)29(23-43-20-18-42(3)19-21-43)30-24-44-33(38(30)41-32)22-31-27(39(44)49)14-17-35(47)40(31,50)5-2/h4,15-16,22,45,50H,1,5-14,17-21,23-25H2,2-3H3/t40-/m0/s1. The van der Waals surface area contributed by atoms with E-state index in [4.69, 9.17) is 14.8 Å². The van der Waals surface area contributed by atoms with Gasteiger partial charge in [0.05, 0.1) is 23.4 Å². The minimum absolute atomic E-state index is 0.135. The fourth-order valence-electron chi connectivity index (χ4n) is 7.93. The van der Waals surface area contributed by atoms with Gasteiger partial charge in [-0.05, 0) is 62.9 Å². The van der Waals surface area contributed by atoms with Crippen LogP contribution in [-0.4, -0.2) is 86.9 Å². The summed E-state index contributed by atoms with van der Waals surface area (Å²) in [6.45, 7) is 9.96. The molecule has 2 aliphatic heterocycles. The molecule has 11 nitrogen and oxygen atoms in total. The van der Waals surface area contributed by atoms with Crippen molar-refractivity contribution in [3.05, 3.63) is 69.0 Å². The van der Waals surface area contributed by atoms with Crippen LogP contribution in [0.25, 0.3) is 22.3 Å². The number of Topliss-reactive ketones (excluding diaryl/α,β-unsaturated/α-hetero) is 2. The van der Waals surface area contributed by atoms with Crippen molar-refractivity contribution in [2.45, 2.75) is 96.2 Å². The van der Waals surface area contributed by atoms with Crippen LogP contribution in [-0.2, 0) is 45.9 Å². The first-order valence-corrected chi connectivity index (χ1v) is 18.4. The number of benzene rings is 1. The average Bonchev–Trinajstić information content (AvgIpc) is 3.50. The second-order valence-electron chi connectivity index (χ2n) is 14.3. The van der Waals surface area contributed by atoms with Gasteiger partial charge in [-0.3, -0.25) is 24.1 Å². The number of hydrogen-bond donors (Lipinski definition) is 2. The zero-order valence-corrected chi connectivity index (χ0v) is 30.0. The molecule has 1 aromatic carbocycles. The first-order chi connectivity index (χ1) is 24.6. The molecule has 0 saturated carbocycles. The smallest absolute Gasteiger partial charge is 0.311 e. The Morgan fingerprint density at radius 1 is 1.00 bits per heavy atom. The molecule has 2 aromatic heterocycles. The molecule has 3 aromatic rings. The highest BCUT2D eigenvalue weighted by molar-refractivity contribution is 5.94. The Morgan fingerprint density at radius 3 is 2.43 bits per heavy atom. The van der Waals surface area contributed by atoms with E-state index in [0.29, 0.717) is 67.0 Å². The van der Waals surface area contributed by atoms with E-state index in [-0.39, 0.29) is 42.4 Å². The Morgan fingerprint density at radius 2 is 1.73 bits per heavy atom. The number of aromatic nitrogens is 2. The normalized spacial score (nSPS) is 18.8. The van der Waals surface area contributed by atoms with E-state index < -0.39 is 12.2 Å². The number of aliphatic hydroxyl groups excluding tert-OH is 1. The minimum atomic E-state index is -1.69. The maximum Gasteiger partial charge on any atom is 0.311 e. The number of allylic oxidation sites excluding steroid dienone is 1. The van der Waals surface area contributed by atoms with Gasteiger partial charge in [0.1, 0.15) is 18.0 Å². The molecule has 4 heterocycles. The number of nitrogens with zero attached hydrogens (tertiary/aromatic N) is 4. The molecular formula is C40H50N4O7. The number of ether oxygens (including phenoxy) is 1. The lowest BCUT2D eigenvalue weighted by Crippen LogP contribution is -2.44. The van der Waals surface area contributed by atoms with Crippen molar-refractivity contribution < 1.29 is 29.3 Å². The Labute approximate surface area is 298 Å². The van der Waals surface area contributed by atoms with E-state index in [2.05, 4.69) is 23.4 Å². The molecule has 0 amide bonds. The Balaban J connectivity index is 1.36. The first-order valence-electron chi connectivity index (χ1n) is 18.4. The highest BCUT2D eigenvalue weighted by atomic mass is 16.5. The van der Waals surface area contributed by atoms with Crippen LogP contribution in [0.15, 0.2) is 35.6 Å². The molecule has 1 atom stereocenters. The molecule has 2 N–H and O–H groups in total. The van der Waals surface area contributed by atoms with E-state index in [1.54, 1.807) is 23.6 Å². The lowest BCUT2D eigenvalue weighted by Gasteiger charge is -2.33. The van der Waals surface area contributed by atoms with Crippen LogP contribution in [0.2, 0.25) is 0 Å². The molecule has 11 heteroatoms. The van der Waals surface area contributed by atoms with Gasteiger partial charge in [0.2, 0.25) is 0 Å². The number of ketones is 2. The van der Waals surface area contributed by atoms with Gasteiger partial charge in [-0.15, -0.1) is 6.58 Å². The van der Waals surface area contributed by atoms with Gasteiger partial charge in [-0.1, -0.05) is 32.3 Å². The van der Waals surface area contributed by atoms with Crippen LogP contribution in [0, 0.1) is 0 Å². The van der Waals surface area contributed by atoms with Crippen LogP contribution >= 0.6 is 0 Å². The Hall–Kier alpha value is -4.03. The molecule has 0 bridgehead atoms. The highest BCUT2D eigenvalue weighted by Crippen LogP contribution is 2.43. The van der Waals surface area contributed by atoms with Gasteiger partial charge in [0, 0.05) is 79.6 Å². The second kappa shape index (κ2) is 15.7. The summed E-state index contributed by atoms with van der Waals surface area (Å²) in [5.74, 6) is -0.237. The van der Waals surface area contributed by atoms with E-state index >= 15 is 0 Å². The van der Waals surface area contributed by atoms with Crippen molar-refractivity contribution in [1.29, 1.82) is 0 Å². The zero-order valence-electron chi connectivity index (χ0n) is 30.0. The SMILES string of the molecule is C=CCc1c(OC(=O)CCCCCCCC(=O)CO)ccc2nc3c(c(CN4CCN(C)CC4)c12)Cn1c-3cc2c(c1=O)CCC(=O)[C@]2(O)CC. The number of esters is 1. The lowest BCUT2D eigenvalue weighted by molar-refractivity contribution is -0.140. The number of fused-ring (bicyclic) bond motifs is 5. The molecule has 272 valence electrons. The number of unbranched alkanes of at least 4 members (excludes halogenated alkanes) is 4. The fraction of sp³-hybridized carbons (Fsp3) is 0.525. The maximum atomic E-state index is 14.1. The van der Waals surface area contributed by atoms with Crippen molar-refractivity contribution in [1.82, 2.24) is 19.4 Å². The summed E-state index contributed by atoms with van der Waals surface area (Å²) in [5, 5.41) is 21.3. The molecule has 0 spiro atoms. The summed E-state index contributed by atoms with van der Waals surface area (Å²) in [7, 11) is 2.12. The third-order valence-corrected chi connectivity index (χ3v) is 11.0. The summed E-state index contributed by atoms with van der Waals surface area (Å²) in [4.78, 5) is 61.3. The summed E-state index contributed by atoms with van der Waals surface area (Å²) in [6, 6.07) is 5.48. The van der Waals surface area contributed by atoms with Gasteiger partial charge >= 0.3 is 5.97 Å². The van der Waals surface area contributed by atoms with Crippen LogP contribution in [0.5, 0.6) is 5.75 Å². The minimum Gasteiger partial charge on any atom is -0.426 e. The highest BCUT2D eigenvalue weighted by Gasteiger charge is 2.43. The molecule has 1 aliphatic carbocycles. The van der Waals surface area contributed by atoms with Crippen molar-refractivity contribution in [2.24, 2.45) is 0 Å². The summed E-state index contributed by atoms with van der Waals surface area (Å²) in [6.07, 6.45) is 7.58. The Kier molecular flexibility index (Phi) is 11.3. The molecule has 6 rings (SSSR count). The number of pyridine rings is 2. The molecule has 3 aliphatic rings. The first kappa shape index (κ1) is 36.8. The quantitative estimate of drug-likeness (QED) is 0.0803. The summed E-state index contributed by atoms with van der Waals surface area (Å²) in [5.41, 5.74) is 3.83. The van der Waals surface area contributed by atoms with Crippen molar-refractivity contribution >= 4 is 28.4 Å². The molecule has 1 fully saturated rings. The number of carbonyl (C=O) groups is 3. The van der Waals surface area contributed by atoms with Gasteiger partial charge in [-0.2, -0.15) is 0 Å². The molecule has 0 radical (unpaired) electrons. The van der Waals surface area contributed by atoms with Crippen molar-refractivity contribution in [3.63, 3.8) is 0 Å². The predicted octanol–water partition coefficient (Wildman–Crippen LogP) is 4.21. The maximum absolute atomic E-state index is 14.1. The van der Waals surface area contributed by atoms with Crippen LogP contribution in [0.1, 0.15) is 92.5 Å². The van der Waals surface area contributed by atoms with Gasteiger partial charge in [-0.25, -0.2) is 4.98 Å². The second-order valence-corrected chi connectivity index (χ2v) is 14.3. The molecule has 1 saturated heterocycles. The lowest BCUT2D eigenvalue weighted by atomic mass is 9.77. The number of rotatable bonds is 15. The number of piperazine rings is 1. The Bertz CT molecular complexity index is 1910. The third-order valence-electron chi connectivity index (χ3n) is 11.0. The van der Waals surface area contributed by atoms with Crippen molar-refractivity contribution in [2.75, 3.05) is 39.8 Å². The van der Waals surface area contributed by atoms with Gasteiger partial charge in [0.25, 0.3) is 5.56 Å². The van der Waals surface area contributed by atoms with Crippen LogP contribution in [0.4, 0.5) is 0 Å².